The van der Waals surface area contributed by atoms with Crippen molar-refractivity contribution in [2.75, 3.05) is 10.6 Å². The van der Waals surface area contributed by atoms with Crippen molar-refractivity contribution in [3.63, 3.8) is 0 Å². The van der Waals surface area contributed by atoms with Gasteiger partial charge in [-0.05, 0) is 36.1 Å². The lowest BCUT2D eigenvalue weighted by Gasteiger charge is -2.14. The van der Waals surface area contributed by atoms with Gasteiger partial charge in [-0.3, -0.25) is 9.78 Å². The maximum Gasteiger partial charge on any atom is 0.275 e. The summed E-state index contributed by atoms with van der Waals surface area (Å²) < 4.78 is 0. The Labute approximate surface area is 175 Å². The van der Waals surface area contributed by atoms with Crippen molar-refractivity contribution in [3.05, 3.63) is 83.9 Å². The fraction of sp³-hybridized carbons (Fsp3) is 0.167. The van der Waals surface area contributed by atoms with Gasteiger partial charge in [-0.2, -0.15) is 0 Å². The third-order valence-electron chi connectivity index (χ3n) is 5.02. The van der Waals surface area contributed by atoms with Crippen molar-refractivity contribution in [1.29, 1.82) is 0 Å². The Bertz CT molecular complexity index is 1160. The van der Waals surface area contributed by atoms with Crippen LogP contribution in [0.5, 0.6) is 0 Å². The number of pyridine rings is 1. The van der Waals surface area contributed by atoms with Crippen LogP contribution in [0.1, 0.15) is 35.5 Å². The van der Waals surface area contributed by atoms with E-state index in [1.807, 2.05) is 30.3 Å². The molecule has 2 aromatic heterocycles. The summed E-state index contributed by atoms with van der Waals surface area (Å²) in [7, 11) is 0. The summed E-state index contributed by atoms with van der Waals surface area (Å²) in [5.74, 6) is 0.282. The number of anilines is 3. The molecular formula is C24H23N5O. The van der Waals surface area contributed by atoms with Crippen molar-refractivity contribution >= 4 is 34.0 Å². The SMILES string of the molecule is CCc1cccc(CC)c1Nc1cnc(C(=O)Nc2cccc3cccnc23)cn1. The lowest BCUT2D eigenvalue weighted by Crippen LogP contribution is -2.15. The van der Waals surface area contributed by atoms with Gasteiger partial charge in [-0.1, -0.05) is 50.2 Å². The van der Waals surface area contributed by atoms with Crippen LogP contribution in [0.25, 0.3) is 10.9 Å². The zero-order chi connectivity index (χ0) is 20.9. The Hall–Kier alpha value is -3.80. The molecule has 0 bridgehead atoms. The van der Waals surface area contributed by atoms with E-state index in [9.17, 15) is 4.79 Å². The number of hydrogen-bond acceptors (Lipinski definition) is 5. The molecule has 0 fully saturated rings. The molecule has 0 spiro atoms. The Morgan fingerprint density at radius 2 is 1.60 bits per heavy atom. The van der Waals surface area contributed by atoms with Crippen molar-refractivity contribution in [2.24, 2.45) is 0 Å². The average molecular weight is 397 g/mol. The van der Waals surface area contributed by atoms with Crippen LogP contribution in [-0.2, 0) is 12.8 Å². The van der Waals surface area contributed by atoms with E-state index in [1.165, 1.54) is 17.3 Å². The molecule has 6 nitrogen and oxygen atoms in total. The van der Waals surface area contributed by atoms with Gasteiger partial charge in [0, 0.05) is 17.3 Å². The molecule has 0 saturated carbocycles. The summed E-state index contributed by atoms with van der Waals surface area (Å²) in [6, 6.07) is 15.8. The summed E-state index contributed by atoms with van der Waals surface area (Å²) >= 11 is 0. The molecule has 150 valence electrons. The minimum Gasteiger partial charge on any atom is -0.338 e. The van der Waals surface area contributed by atoms with E-state index in [2.05, 4.69) is 57.6 Å². The van der Waals surface area contributed by atoms with E-state index in [0.717, 1.165) is 29.4 Å². The van der Waals surface area contributed by atoms with E-state index in [0.29, 0.717) is 11.5 Å². The van der Waals surface area contributed by atoms with Crippen molar-refractivity contribution < 1.29 is 4.79 Å². The van der Waals surface area contributed by atoms with Crippen LogP contribution in [0.15, 0.2) is 67.1 Å². The Balaban J connectivity index is 1.53. The van der Waals surface area contributed by atoms with Gasteiger partial charge in [-0.15, -0.1) is 0 Å². The number of aryl methyl sites for hydroxylation is 2. The van der Waals surface area contributed by atoms with Gasteiger partial charge in [0.2, 0.25) is 0 Å². The fourth-order valence-corrected chi connectivity index (χ4v) is 3.43. The molecule has 0 saturated heterocycles. The molecule has 30 heavy (non-hydrogen) atoms. The molecule has 0 atom stereocenters. The monoisotopic (exact) mass is 397 g/mol. The minimum atomic E-state index is -0.324. The predicted octanol–water partition coefficient (Wildman–Crippen LogP) is 5.15. The van der Waals surface area contributed by atoms with Crippen molar-refractivity contribution in [1.82, 2.24) is 15.0 Å². The highest BCUT2D eigenvalue weighted by molar-refractivity contribution is 6.07. The lowest BCUT2D eigenvalue weighted by atomic mass is 10.0. The highest BCUT2D eigenvalue weighted by Crippen LogP contribution is 2.26. The Kier molecular flexibility index (Phi) is 5.66. The molecule has 0 radical (unpaired) electrons. The number of nitrogens with one attached hydrogen (secondary N) is 2. The smallest absolute Gasteiger partial charge is 0.275 e. The molecule has 2 aromatic carbocycles. The minimum absolute atomic E-state index is 0.243. The Morgan fingerprint density at radius 3 is 2.30 bits per heavy atom. The van der Waals surface area contributed by atoms with E-state index in [1.54, 1.807) is 12.4 Å². The maximum absolute atomic E-state index is 12.7. The van der Waals surface area contributed by atoms with Crippen LogP contribution in [0.2, 0.25) is 0 Å². The first-order valence-electron chi connectivity index (χ1n) is 10.0. The molecule has 0 aliphatic heterocycles. The second kappa shape index (κ2) is 8.69. The standard InChI is InChI=1S/C24H23N5O/c1-3-16-8-5-9-17(4-2)22(16)29-21-15-26-20(14-27-21)24(30)28-19-12-6-10-18-11-7-13-25-23(18)19/h5-15H,3-4H2,1-2H3,(H,27,29)(H,28,30). The number of carbonyl (C=O) groups excluding carboxylic acids is 1. The number of para-hydroxylation sites is 2. The third-order valence-corrected chi connectivity index (χ3v) is 5.02. The molecule has 6 heteroatoms. The number of fused-ring (bicyclic) bond motifs is 1. The number of amides is 1. The van der Waals surface area contributed by atoms with Crippen molar-refractivity contribution in [2.45, 2.75) is 26.7 Å². The van der Waals surface area contributed by atoms with Crippen LogP contribution in [0.4, 0.5) is 17.2 Å². The second-order valence-electron chi connectivity index (χ2n) is 6.91. The van der Waals surface area contributed by atoms with Gasteiger partial charge in [-0.25, -0.2) is 9.97 Å². The first-order chi connectivity index (χ1) is 14.7. The molecule has 4 rings (SSSR count). The van der Waals surface area contributed by atoms with Crippen LogP contribution in [-0.4, -0.2) is 20.9 Å². The first-order valence-corrected chi connectivity index (χ1v) is 10.0. The van der Waals surface area contributed by atoms with Crippen LogP contribution < -0.4 is 10.6 Å². The molecule has 0 aliphatic rings. The van der Waals surface area contributed by atoms with Gasteiger partial charge in [0.1, 0.15) is 11.5 Å². The van der Waals surface area contributed by atoms with E-state index in [4.69, 9.17) is 0 Å². The number of benzene rings is 2. The van der Waals surface area contributed by atoms with Gasteiger partial charge in [0.15, 0.2) is 0 Å². The molecule has 2 N–H and O–H groups in total. The number of aromatic nitrogens is 3. The number of hydrogen-bond donors (Lipinski definition) is 2. The zero-order valence-corrected chi connectivity index (χ0v) is 17.0. The second-order valence-corrected chi connectivity index (χ2v) is 6.91. The normalized spacial score (nSPS) is 10.7. The van der Waals surface area contributed by atoms with E-state index >= 15 is 0 Å². The zero-order valence-electron chi connectivity index (χ0n) is 17.0. The molecule has 1 amide bonds. The summed E-state index contributed by atoms with van der Waals surface area (Å²) in [4.78, 5) is 25.7. The quantitative estimate of drug-likeness (QED) is 0.471. The number of carbonyl (C=O) groups is 1. The molecule has 0 unspecified atom stereocenters. The van der Waals surface area contributed by atoms with Crippen molar-refractivity contribution in [3.8, 4) is 0 Å². The maximum atomic E-state index is 12.7. The summed E-state index contributed by atoms with van der Waals surface area (Å²) in [6.07, 6.45) is 6.61. The highest BCUT2D eigenvalue weighted by Gasteiger charge is 2.12. The summed E-state index contributed by atoms with van der Waals surface area (Å²) in [6.45, 7) is 4.25. The molecule has 0 aliphatic carbocycles. The third kappa shape index (κ3) is 3.98. The number of nitrogens with zero attached hydrogens (tertiary/aromatic N) is 3. The van der Waals surface area contributed by atoms with Gasteiger partial charge in [0.05, 0.1) is 23.6 Å². The lowest BCUT2D eigenvalue weighted by molar-refractivity contribution is 0.102. The summed E-state index contributed by atoms with van der Waals surface area (Å²) in [5, 5.41) is 7.21. The van der Waals surface area contributed by atoms with E-state index in [-0.39, 0.29) is 11.6 Å². The fourth-order valence-electron chi connectivity index (χ4n) is 3.43. The van der Waals surface area contributed by atoms with Gasteiger partial charge >= 0.3 is 0 Å². The predicted molar refractivity (Wildman–Crippen MR) is 120 cm³/mol. The van der Waals surface area contributed by atoms with Crippen LogP contribution in [0.3, 0.4) is 0 Å². The Morgan fingerprint density at radius 1 is 0.867 bits per heavy atom. The van der Waals surface area contributed by atoms with E-state index < -0.39 is 0 Å². The first kappa shape index (κ1) is 19.5. The van der Waals surface area contributed by atoms with Gasteiger partial charge < -0.3 is 10.6 Å². The van der Waals surface area contributed by atoms with Crippen LogP contribution in [0, 0.1) is 0 Å². The van der Waals surface area contributed by atoms with Crippen LogP contribution >= 0.6 is 0 Å². The molecule has 4 aromatic rings. The number of rotatable bonds is 6. The summed E-state index contributed by atoms with van der Waals surface area (Å²) in [5.41, 5.74) is 5.14. The molecular weight excluding hydrogens is 374 g/mol. The largest absolute Gasteiger partial charge is 0.338 e. The van der Waals surface area contributed by atoms with Gasteiger partial charge in [0.25, 0.3) is 5.91 Å². The topological polar surface area (TPSA) is 79.8 Å². The highest BCUT2D eigenvalue weighted by atomic mass is 16.1. The molecule has 2 heterocycles. The average Bonchev–Trinajstić information content (AvgIpc) is 2.80.